The second-order valence-corrected chi connectivity index (χ2v) is 3.82. The fraction of sp³-hybridized carbons (Fsp3) is 0.0667. The zero-order chi connectivity index (χ0) is 12.8. The Morgan fingerprint density at radius 3 is 2.56 bits per heavy atom. The lowest BCUT2D eigenvalue weighted by Gasteiger charge is -2.07. The molecule has 0 saturated carbocycles. The van der Waals surface area contributed by atoms with Crippen LogP contribution in [0.2, 0.25) is 0 Å². The molecule has 0 aliphatic heterocycles. The summed E-state index contributed by atoms with van der Waals surface area (Å²) in [5.41, 5.74) is 3.11. The molecule has 1 N–H and O–H groups in total. The SMILES string of the molecule is N#Cc1cccc(NCc2ccccc2C#N)c1. The van der Waals surface area contributed by atoms with E-state index in [4.69, 9.17) is 10.5 Å². The quantitative estimate of drug-likeness (QED) is 0.886. The predicted octanol–water partition coefficient (Wildman–Crippen LogP) is 3.04. The van der Waals surface area contributed by atoms with E-state index in [2.05, 4.69) is 17.5 Å². The molecule has 0 aliphatic carbocycles. The molecule has 2 aromatic rings. The fourth-order valence-corrected chi connectivity index (χ4v) is 1.68. The van der Waals surface area contributed by atoms with Crippen molar-refractivity contribution < 1.29 is 0 Å². The smallest absolute Gasteiger partial charge is 0.0995 e. The average molecular weight is 233 g/mol. The Morgan fingerprint density at radius 2 is 1.78 bits per heavy atom. The van der Waals surface area contributed by atoms with Crippen molar-refractivity contribution in [2.45, 2.75) is 6.54 Å². The molecule has 2 aromatic carbocycles. The summed E-state index contributed by atoms with van der Waals surface area (Å²) < 4.78 is 0. The van der Waals surface area contributed by atoms with Gasteiger partial charge in [-0.15, -0.1) is 0 Å². The molecule has 3 heteroatoms. The van der Waals surface area contributed by atoms with Crippen LogP contribution in [0.5, 0.6) is 0 Å². The summed E-state index contributed by atoms with van der Waals surface area (Å²) in [6, 6.07) is 19.0. The van der Waals surface area contributed by atoms with Gasteiger partial charge in [0.1, 0.15) is 0 Å². The van der Waals surface area contributed by atoms with Crippen molar-refractivity contribution in [2.75, 3.05) is 5.32 Å². The number of hydrogen-bond donors (Lipinski definition) is 1. The second kappa shape index (κ2) is 5.52. The van der Waals surface area contributed by atoms with Crippen LogP contribution >= 0.6 is 0 Å². The van der Waals surface area contributed by atoms with E-state index in [-0.39, 0.29) is 0 Å². The number of hydrogen-bond acceptors (Lipinski definition) is 3. The Bertz CT molecular complexity index is 633. The third-order valence-electron chi connectivity index (χ3n) is 2.61. The highest BCUT2D eigenvalue weighted by atomic mass is 14.9. The maximum Gasteiger partial charge on any atom is 0.0995 e. The molecule has 3 nitrogen and oxygen atoms in total. The van der Waals surface area contributed by atoms with Gasteiger partial charge < -0.3 is 5.32 Å². The zero-order valence-corrected chi connectivity index (χ0v) is 9.72. The minimum Gasteiger partial charge on any atom is -0.381 e. The third kappa shape index (κ3) is 2.66. The molecule has 18 heavy (non-hydrogen) atoms. The first-order valence-electron chi connectivity index (χ1n) is 5.55. The lowest BCUT2D eigenvalue weighted by molar-refractivity contribution is 1.14. The monoisotopic (exact) mass is 233 g/mol. The summed E-state index contributed by atoms with van der Waals surface area (Å²) in [6.07, 6.45) is 0. The van der Waals surface area contributed by atoms with Crippen LogP contribution in [-0.2, 0) is 6.54 Å². The Morgan fingerprint density at radius 1 is 0.944 bits per heavy atom. The maximum atomic E-state index is 8.98. The number of benzene rings is 2. The van der Waals surface area contributed by atoms with Crippen molar-refractivity contribution in [2.24, 2.45) is 0 Å². The maximum absolute atomic E-state index is 8.98. The van der Waals surface area contributed by atoms with Gasteiger partial charge >= 0.3 is 0 Å². The van der Waals surface area contributed by atoms with Gasteiger partial charge in [0.05, 0.1) is 23.3 Å². The molecule has 2 rings (SSSR count). The van der Waals surface area contributed by atoms with E-state index in [1.54, 1.807) is 18.2 Å². The molecular weight excluding hydrogens is 222 g/mol. The van der Waals surface area contributed by atoms with E-state index in [1.807, 2.05) is 30.3 Å². The van der Waals surface area contributed by atoms with Gasteiger partial charge in [0.2, 0.25) is 0 Å². The molecule has 0 atom stereocenters. The number of nitrogens with one attached hydrogen (secondary N) is 1. The Balaban J connectivity index is 2.12. The van der Waals surface area contributed by atoms with E-state index < -0.39 is 0 Å². The van der Waals surface area contributed by atoms with Crippen LogP contribution < -0.4 is 5.32 Å². The Labute approximate surface area is 106 Å². The van der Waals surface area contributed by atoms with Crippen LogP contribution in [0.4, 0.5) is 5.69 Å². The molecule has 0 heterocycles. The van der Waals surface area contributed by atoms with Crippen molar-refractivity contribution >= 4 is 5.69 Å². The summed E-state index contributed by atoms with van der Waals surface area (Å²) in [7, 11) is 0. The highest BCUT2D eigenvalue weighted by Gasteiger charge is 2.00. The van der Waals surface area contributed by atoms with Crippen LogP contribution in [0.3, 0.4) is 0 Å². The summed E-state index contributed by atoms with van der Waals surface area (Å²) >= 11 is 0. The van der Waals surface area contributed by atoms with Crippen LogP contribution in [0.25, 0.3) is 0 Å². The lowest BCUT2D eigenvalue weighted by Crippen LogP contribution is -2.01. The summed E-state index contributed by atoms with van der Waals surface area (Å²) in [5, 5.41) is 21.0. The molecule has 0 bridgehead atoms. The topological polar surface area (TPSA) is 59.6 Å². The molecule has 0 aromatic heterocycles. The number of nitriles is 2. The molecular formula is C15H11N3. The first-order chi connectivity index (χ1) is 8.83. The second-order valence-electron chi connectivity index (χ2n) is 3.82. The summed E-state index contributed by atoms with van der Waals surface area (Å²) in [6.45, 7) is 0.568. The predicted molar refractivity (Wildman–Crippen MR) is 69.6 cm³/mol. The highest BCUT2D eigenvalue weighted by molar-refractivity contribution is 5.50. The Kier molecular flexibility index (Phi) is 3.59. The molecule has 86 valence electrons. The van der Waals surface area contributed by atoms with Gasteiger partial charge in [-0.1, -0.05) is 24.3 Å². The van der Waals surface area contributed by atoms with Crippen molar-refractivity contribution in [3.05, 3.63) is 65.2 Å². The van der Waals surface area contributed by atoms with Gasteiger partial charge in [0.15, 0.2) is 0 Å². The number of nitrogens with zero attached hydrogens (tertiary/aromatic N) is 2. The normalized spacial score (nSPS) is 9.22. The number of rotatable bonds is 3. The van der Waals surface area contributed by atoms with Crippen LogP contribution in [0, 0.1) is 22.7 Å². The Hall–Kier alpha value is -2.78. The van der Waals surface area contributed by atoms with E-state index in [0.717, 1.165) is 11.3 Å². The van der Waals surface area contributed by atoms with E-state index in [0.29, 0.717) is 17.7 Å². The molecule has 0 saturated heterocycles. The molecule has 0 amide bonds. The van der Waals surface area contributed by atoms with Crippen LogP contribution in [0.1, 0.15) is 16.7 Å². The first-order valence-corrected chi connectivity index (χ1v) is 5.55. The van der Waals surface area contributed by atoms with E-state index in [9.17, 15) is 0 Å². The fourth-order valence-electron chi connectivity index (χ4n) is 1.68. The first kappa shape index (κ1) is 11.7. The van der Waals surface area contributed by atoms with Crippen molar-refractivity contribution in [1.29, 1.82) is 10.5 Å². The van der Waals surface area contributed by atoms with Gasteiger partial charge in [0, 0.05) is 12.2 Å². The van der Waals surface area contributed by atoms with Crippen LogP contribution in [-0.4, -0.2) is 0 Å². The minimum atomic E-state index is 0.568. The standard InChI is InChI=1S/C15H11N3/c16-9-12-4-3-7-15(8-12)18-11-14-6-2-1-5-13(14)10-17/h1-8,18H,11H2. The van der Waals surface area contributed by atoms with Gasteiger partial charge in [-0.2, -0.15) is 10.5 Å². The molecule has 0 unspecified atom stereocenters. The molecule has 0 spiro atoms. The van der Waals surface area contributed by atoms with E-state index in [1.165, 1.54) is 0 Å². The van der Waals surface area contributed by atoms with Crippen molar-refractivity contribution in [1.82, 2.24) is 0 Å². The summed E-state index contributed by atoms with van der Waals surface area (Å²) in [5.74, 6) is 0. The molecule has 0 fully saturated rings. The van der Waals surface area contributed by atoms with Crippen molar-refractivity contribution in [3.63, 3.8) is 0 Å². The van der Waals surface area contributed by atoms with Gasteiger partial charge in [-0.05, 0) is 29.8 Å². The average Bonchev–Trinajstić information content (AvgIpc) is 2.45. The largest absolute Gasteiger partial charge is 0.381 e. The highest BCUT2D eigenvalue weighted by Crippen LogP contribution is 2.13. The molecule has 0 radical (unpaired) electrons. The van der Waals surface area contributed by atoms with Crippen LogP contribution in [0.15, 0.2) is 48.5 Å². The minimum absolute atomic E-state index is 0.568. The van der Waals surface area contributed by atoms with Gasteiger partial charge in [0.25, 0.3) is 0 Å². The molecule has 0 aliphatic rings. The zero-order valence-electron chi connectivity index (χ0n) is 9.72. The lowest BCUT2D eigenvalue weighted by atomic mass is 10.1. The van der Waals surface area contributed by atoms with E-state index >= 15 is 0 Å². The summed E-state index contributed by atoms with van der Waals surface area (Å²) in [4.78, 5) is 0. The van der Waals surface area contributed by atoms with Gasteiger partial charge in [-0.25, -0.2) is 0 Å². The number of anilines is 1. The van der Waals surface area contributed by atoms with Crippen molar-refractivity contribution in [3.8, 4) is 12.1 Å². The third-order valence-corrected chi connectivity index (χ3v) is 2.61. The van der Waals surface area contributed by atoms with Gasteiger partial charge in [-0.3, -0.25) is 0 Å².